The molecule has 0 N–H and O–H groups in total. The summed E-state index contributed by atoms with van der Waals surface area (Å²) in [5, 5.41) is 0. The van der Waals surface area contributed by atoms with Crippen LogP contribution in [-0.2, 0) is 23.1 Å². The summed E-state index contributed by atoms with van der Waals surface area (Å²) in [4.78, 5) is 0. The van der Waals surface area contributed by atoms with Crippen molar-refractivity contribution in [2.24, 2.45) is 0 Å². The van der Waals surface area contributed by atoms with E-state index in [1.165, 1.54) is 0 Å². The standard InChI is InChI=1S/CH3O2S.Fe/c1-4(2)3;/h1H3;/i;1-49. The summed E-state index contributed by atoms with van der Waals surface area (Å²) >= 11 is 2.74. The molecule has 0 aliphatic carbocycles. The maximum atomic E-state index is 9.52. The van der Waals surface area contributed by atoms with Crippen LogP contribution in [0.3, 0.4) is 0 Å². The molecule has 33 valence electrons. The van der Waals surface area contributed by atoms with Crippen LogP contribution in [0.2, 0.25) is 0 Å². The van der Waals surface area contributed by atoms with E-state index >= 15 is 0 Å². The zero-order valence-corrected chi connectivity index (χ0v) is 4.50. The second-order valence-corrected chi connectivity index (χ2v) is 4.45. The van der Waals surface area contributed by atoms with Crippen molar-refractivity contribution in [3.63, 3.8) is 0 Å². The van der Waals surface area contributed by atoms with Gasteiger partial charge in [-0.1, -0.05) is 0 Å². The van der Waals surface area contributed by atoms with E-state index in [1.807, 2.05) is 0 Å². The van der Waals surface area contributed by atoms with Crippen LogP contribution >= 0.6 is 0 Å². The van der Waals surface area contributed by atoms with Gasteiger partial charge < -0.3 is 0 Å². The first kappa shape index (κ1) is 5.47. The van der Waals surface area contributed by atoms with Gasteiger partial charge in [0, 0.05) is 0 Å². The Morgan fingerprint density at radius 1 is 1.60 bits per heavy atom. The topological polar surface area (TPSA) is 34.1 Å². The summed E-state index contributed by atoms with van der Waals surface area (Å²) in [6.45, 7) is 0. The van der Waals surface area contributed by atoms with Gasteiger partial charge in [-0.2, -0.15) is 0 Å². The predicted molar refractivity (Wildman–Crippen MR) is 14.8 cm³/mol. The van der Waals surface area contributed by atoms with Crippen LogP contribution in [0.1, 0.15) is 0 Å². The van der Waals surface area contributed by atoms with E-state index < -0.39 is 8.26 Å². The van der Waals surface area contributed by atoms with Gasteiger partial charge in [-0.15, -0.1) is 0 Å². The van der Waals surface area contributed by atoms with Crippen molar-refractivity contribution < 1.29 is 23.3 Å². The summed E-state index contributed by atoms with van der Waals surface area (Å²) in [6.07, 6.45) is 1.05. The van der Waals surface area contributed by atoms with E-state index in [0.29, 0.717) is 0 Å². The molecule has 0 bridgehead atoms. The Hall–Kier alpha value is 0.469. The Morgan fingerprint density at radius 3 is 1.60 bits per heavy atom. The van der Waals surface area contributed by atoms with E-state index in [0.717, 1.165) is 6.26 Å². The second-order valence-electron chi connectivity index (χ2n) is 0.664. The van der Waals surface area contributed by atoms with E-state index in [2.05, 4.69) is 14.9 Å². The molecule has 0 rings (SSSR count). The molecule has 0 amide bonds. The fraction of sp³-hybridized carbons (Fsp3) is 1.00. The molecular formula is CH3FeO2S. The molecule has 2 nitrogen and oxygen atoms in total. The molecule has 0 aromatic heterocycles. The molecule has 0 aromatic carbocycles. The normalized spacial score (nSPS) is 11.6. The molecule has 0 saturated heterocycles. The minimum absolute atomic E-state index is 1.05. The van der Waals surface area contributed by atoms with Gasteiger partial charge in [0.1, 0.15) is 0 Å². The van der Waals surface area contributed by atoms with Gasteiger partial charge in [0.15, 0.2) is 0 Å². The molecule has 5 heavy (non-hydrogen) atoms. The zero-order valence-electron chi connectivity index (χ0n) is 2.58. The Morgan fingerprint density at radius 2 is 1.60 bits per heavy atom. The first-order valence-corrected chi connectivity index (χ1v) is 4.01. The van der Waals surface area contributed by atoms with Crippen molar-refractivity contribution in [1.82, 2.24) is 0 Å². The van der Waals surface area contributed by atoms with Crippen LogP contribution in [0.4, 0.5) is 0 Å². The van der Waals surface area contributed by atoms with Crippen LogP contribution in [-0.4, -0.2) is 14.7 Å². The van der Waals surface area contributed by atoms with Crippen molar-refractivity contribution in [2.45, 2.75) is 0 Å². The fourth-order valence-corrected chi connectivity index (χ4v) is 0. The molecule has 0 atom stereocenters. The summed E-state index contributed by atoms with van der Waals surface area (Å²) in [5.41, 5.74) is 0. The number of rotatable bonds is 0. The Balaban J connectivity index is 4.06. The van der Waals surface area contributed by atoms with Gasteiger partial charge >= 0.3 is 37.8 Å². The number of hydrogen-bond acceptors (Lipinski definition) is 2. The molecule has 0 spiro atoms. The third-order valence-corrected chi connectivity index (χ3v) is 0. The maximum absolute atomic E-state index is 9.52. The monoisotopic (exact) mass is 86.0 g/mol. The van der Waals surface area contributed by atoms with E-state index in [-0.39, 0.29) is 0 Å². The van der Waals surface area contributed by atoms with Crippen LogP contribution in [0.25, 0.3) is 0 Å². The van der Waals surface area contributed by atoms with Gasteiger partial charge in [0.2, 0.25) is 0 Å². The Kier molecular flexibility index (Phi) is 1.41. The molecule has 0 fully saturated rings. The first-order chi connectivity index (χ1) is 2.00. The molecule has 0 unspecified atom stereocenters. The van der Waals surface area contributed by atoms with Gasteiger partial charge in [-0.3, -0.25) is 0 Å². The van der Waals surface area contributed by atoms with E-state index in [9.17, 15) is 8.42 Å². The van der Waals surface area contributed by atoms with E-state index in [1.54, 1.807) is 0 Å². The first-order valence-electron chi connectivity index (χ1n) is 0.886. The van der Waals surface area contributed by atoms with Gasteiger partial charge in [-0.05, 0) is 0 Å². The summed E-state index contributed by atoms with van der Waals surface area (Å²) in [5.74, 6) is 0. The molecule has 0 aromatic rings. The van der Waals surface area contributed by atoms with Crippen molar-refractivity contribution in [3.8, 4) is 0 Å². The predicted octanol–water partition coefficient (Wildman–Crippen LogP) is -0.507. The van der Waals surface area contributed by atoms with E-state index in [4.69, 9.17) is 0 Å². The molecule has 0 saturated carbocycles. The van der Waals surface area contributed by atoms with Crippen molar-refractivity contribution in [1.29, 1.82) is 0 Å². The average Bonchev–Trinajstić information content (AvgIpc) is 0.722. The SMILES string of the molecule is C[S](=O)(=O)[7Fe]. The third-order valence-electron chi connectivity index (χ3n) is 0. The van der Waals surface area contributed by atoms with Gasteiger partial charge in [0.05, 0.1) is 0 Å². The van der Waals surface area contributed by atoms with Gasteiger partial charge in [-0.25, -0.2) is 0 Å². The second kappa shape index (κ2) is 1.29. The Labute approximate surface area is 38.4 Å². The minimum atomic E-state index is -2.92. The molecular weight excluding hydrogens is 83.1 g/mol. The van der Waals surface area contributed by atoms with Crippen molar-refractivity contribution in [3.05, 3.63) is 0 Å². The molecule has 0 aliphatic heterocycles. The molecule has 0 heterocycles. The van der Waals surface area contributed by atoms with Crippen LogP contribution in [0.15, 0.2) is 0 Å². The Bertz CT molecular complexity index is 92.8. The summed E-state index contributed by atoms with van der Waals surface area (Å²) in [7, 11) is -2.92. The fourth-order valence-electron chi connectivity index (χ4n) is 0. The van der Waals surface area contributed by atoms with Crippen LogP contribution in [0.5, 0.6) is 0 Å². The third kappa shape index (κ3) is 124. The van der Waals surface area contributed by atoms with Crippen LogP contribution < -0.4 is 0 Å². The number of hydrogen-bond donors (Lipinski definition) is 0. The van der Waals surface area contributed by atoms with Crippen LogP contribution in [0, 0.1) is 0 Å². The van der Waals surface area contributed by atoms with Crippen molar-refractivity contribution >= 4 is 8.26 Å². The quantitative estimate of drug-likeness (QED) is 0.372. The average molecular weight is 86.1 g/mol. The van der Waals surface area contributed by atoms with Gasteiger partial charge in [0.25, 0.3) is 0 Å². The molecule has 4 heteroatoms. The zero-order chi connectivity index (χ0) is 4.50. The summed E-state index contributed by atoms with van der Waals surface area (Å²) < 4.78 is 19.0. The molecule has 0 aliphatic rings. The van der Waals surface area contributed by atoms with Crippen molar-refractivity contribution in [2.75, 3.05) is 6.26 Å². The summed E-state index contributed by atoms with van der Waals surface area (Å²) in [6, 6.07) is 0. The molecule has 0 radical (unpaired) electrons.